The maximum Gasteiger partial charge on any atom is 0.237 e. The van der Waals surface area contributed by atoms with Crippen LogP contribution in [0.1, 0.15) is 6.92 Å². The van der Waals surface area contributed by atoms with Gasteiger partial charge in [0.15, 0.2) is 0 Å². The fraction of sp³-hybridized carbons (Fsp3) is 0.222. The van der Waals surface area contributed by atoms with Crippen LogP contribution in [0.3, 0.4) is 0 Å². The molecule has 68 valence electrons. The number of fused-ring (bicyclic) bond motifs is 1. The molecule has 2 rings (SSSR count). The molecule has 1 aromatic rings. The molecule has 0 spiro atoms. The molecule has 1 atom stereocenters. The van der Waals surface area contributed by atoms with Crippen LogP contribution in [-0.2, 0) is 4.79 Å². The quantitative estimate of drug-likeness (QED) is 0.618. The predicted octanol–water partition coefficient (Wildman–Crippen LogP) is 1.70. The molecule has 1 unspecified atom stereocenters. The summed E-state index contributed by atoms with van der Waals surface area (Å²) < 4.78 is 0. The molecule has 0 aromatic heterocycles. The Kier molecular flexibility index (Phi) is 1.92. The third-order valence-corrected chi connectivity index (χ3v) is 3.14. The van der Waals surface area contributed by atoms with E-state index in [1.165, 1.54) is 0 Å². The fourth-order valence-corrected chi connectivity index (χ4v) is 2.24. The molecule has 3 nitrogen and oxygen atoms in total. The van der Waals surface area contributed by atoms with E-state index in [1.807, 2.05) is 19.1 Å². The van der Waals surface area contributed by atoms with Crippen LogP contribution in [0, 0.1) is 0 Å². The number of nitrogens with two attached hydrogens (primary N) is 1. The second-order valence-electron chi connectivity index (χ2n) is 2.97. The maximum atomic E-state index is 11.3. The highest BCUT2D eigenvalue weighted by atomic mass is 32.2. The molecule has 0 saturated heterocycles. The standard InChI is InChI=1S/C9H10N2OS/c1-5-9(12)11-8-6(10)3-2-4-7(8)13-5/h2-5H,10H2,1H3,(H,11,12). The van der Waals surface area contributed by atoms with Crippen molar-refractivity contribution in [1.29, 1.82) is 0 Å². The molecule has 1 aliphatic heterocycles. The van der Waals surface area contributed by atoms with Crippen LogP contribution in [0.15, 0.2) is 23.1 Å². The fourth-order valence-electron chi connectivity index (χ4n) is 1.25. The number of carbonyl (C=O) groups excluding carboxylic acids is 1. The average molecular weight is 194 g/mol. The second kappa shape index (κ2) is 2.96. The average Bonchev–Trinajstić information content (AvgIpc) is 2.09. The van der Waals surface area contributed by atoms with Gasteiger partial charge in [-0.15, -0.1) is 11.8 Å². The van der Waals surface area contributed by atoms with Crippen molar-refractivity contribution in [2.75, 3.05) is 11.1 Å². The van der Waals surface area contributed by atoms with Gasteiger partial charge in [-0.05, 0) is 19.1 Å². The zero-order chi connectivity index (χ0) is 9.42. The van der Waals surface area contributed by atoms with Gasteiger partial charge in [0, 0.05) is 4.90 Å². The van der Waals surface area contributed by atoms with E-state index in [-0.39, 0.29) is 11.2 Å². The van der Waals surface area contributed by atoms with E-state index in [4.69, 9.17) is 5.73 Å². The normalized spacial score (nSPS) is 20.7. The van der Waals surface area contributed by atoms with Crippen molar-refractivity contribution < 1.29 is 4.79 Å². The third kappa shape index (κ3) is 1.37. The van der Waals surface area contributed by atoms with Gasteiger partial charge >= 0.3 is 0 Å². The Morgan fingerprint density at radius 1 is 1.54 bits per heavy atom. The summed E-state index contributed by atoms with van der Waals surface area (Å²) in [4.78, 5) is 12.4. The summed E-state index contributed by atoms with van der Waals surface area (Å²) in [6.45, 7) is 1.88. The molecule has 13 heavy (non-hydrogen) atoms. The van der Waals surface area contributed by atoms with Crippen molar-refractivity contribution in [1.82, 2.24) is 0 Å². The first-order chi connectivity index (χ1) is 6.18. The number of amides is 1. The summed E-state index contributed by atoms with van der Waals surface area (Å²) in [7, 11) is 0. The largest absolute Gasteiger partial charge is 0.397 e. The summed E-state index contributed by atoms with van der Waals surface area (Å²) >= 11 is 1.54. The molecule has 1 heterocycles. The molecule has 0 bridgehead atoms. The van der Waals surface area contributed by atoms with Crippen molar-refractivity contribution in [3.05, 3.63) is 18.2 Å². The number of benzene rings is 1. The highest BCUT2D eigenvalue weighted by molar-refractivity contribution is 8.01. The Balaban J connectivity index is 2.48. The summed E-state index contributed by atoms with van der Waals surface area (Å²) in [5, 5.41) is 2.76. The molecular weight excluding hydrogens is 184 g/mol. The Labute approximate surface area is 80.7 Å². The summed E-state index contributed by atoms with van der Waals surface area (Å²) in [6, 6.07) is 5.65. The van der Waals surface area contributed by atoms with E-state index in [0.717, 1.165) is 10.6 Å². The van der Waals surface area contributed by atoms with Gasteiger partial charge in [-0.1, -0.05) is 6.07 Å². The van der Waals surface area contributed by atoms with Crippen molar-refractivity contribution in [3.8, 4) is 0 Å². The molecule has 4 heteroatoms. The number of anilines is 2. The third-order valence-electron chi connectivity index (χ3n) is 1.98. The lowest BCUT2D eigenvalue weighted by atomic mass is 10.2. The molecule has 0 aliphatic carbocycles. The number of carbonyl (C=O) groups is 1. The van der Waals surface area contributed by atoms with E-state index in [0.29, 0.717) is 5.69 Å². The lowest BCUT2D eigenvalue weighted by Gasteiger charge is -2.22. The first-order valence-electron chi connectivity index (χ1n) is 4.04. The van der Waals surface area contributed by atoms with Crippen LogP contribution in [-0.4, -0.2) is 11.2 Å². The SMILES string of the molecule is CC1Sc2cccc(N)c2NC1=O. The molecule has 0 saturated carbocycles. The number of rotatable bonds is 0. The van der Waals surface area contributed by atoms with Crippen molar-refractivity contribution in [2.24, 2.45) is 0 Å². The van der Waals surface area contributed by atoms with Gasteiger partial charge in [0.1, 0.15) is 0 Å². The maximum absolute atomic E-state index is 11.3. The number of hydrogen-bond acceptors (Lipinski definition) is 3. The summed E-state index contributed by atoms with van der Waals surface area (Å²) in [5.74, 6) is 0.0235. The molecule has 1 aliphatic rings. The minimum absolute atomic E-state index is 0.0235. The first kappa shape index (κ1) is 8.44. The Hall–Kier alpha value is -1.16. The van der Waals surface area contributed by atoms with E-state index < -0.39 is 0 Å². The van der Waals surface area contributed by atoms with Crippen molar-refractivity contribution in [2.45, 2.75) is 17.1 Å². The zero-order valence-electron chi connectivity index (χ0n) is 7.20. The number of nitrogens with one attached hydrogen (secondary N) is 1. The molecule has 0 radical (unpaired) electrons. The Morgan fingerprint density at radius 3 is 3.08 bits per heavy atom. The van der Waals surface area contributed by atoms with E-state index in [2.05, 4.69) is 5.32 Å². The van der Waals surface area contributed by atoms with Crippen molar-refractivity contribution in [3.63, 3.8) is 0 Å². The number of thioether (sulfide) groups is 1. The first-order valence-corrected chi connectivity index (χ1v) is 4.92. The smallest absolute Gasteiger partial charge is 0.237 e. The van der Waals surface area contributed by atoms with Gasteiger partial charge in [-0.25, -0.2) is 0 Å². The molecular formula is C9H10N2OS. The minimum atomic E-state index is -0.0331. The predicted molar refractivity (Wildman–Crippen MR) is 54.8 cm³/mol. The lowest BCUT2D eigenvalue weighted by molar-refractivity contribution is -0.115. The van der Waals surface area contributed by atoms with Gasteiger partial charge in [0.05, 0.1) is 16.6 Å². The molecule has 3 N–H and O–H groups in total. The van der Waals surface area contributed by atoms with Crippen LogP contribution in [0.2, 0.25) is 0 Å². The topological polar surface area (TPSA) is 55.1 Å². The van der Waals surface area contributed by atoms with Gasteiger partial charge in [-0.2, -0.15) is 0 Å². The highest BCUT2D eigenvalue weighted by Gasteiger charge is 2.23. The number of para-hydroxylation sites is 1. The summed E-state index contributed by atoms with van der Waals surface area (Å²) in [6.07, 6.45) is 0. The van der Waals surface area contributed by atoms with Crippen molar-refractivity contribution >= 4 is 29.0 Å². The van der Waals surface area contributed by atoms with Crippen LogP contribution in [0.4, 0.5) is 11.4 Å². The summed E-state index contributed by atoms with van der Waals surface area (Å²) in [5.41, 5.74) is 7.11. The second-order valence-corrected chi connectivity index (χ2v) is 4.35. The monoisotopic (exact) mass is 194 g/mol. The molecule has 1 aromatic carbocycles. The zero-order valence-corrected chi connectivity index (χ0v) is 8.02. The van der Waals surface area contributed by atoms with E-state index >= 15 is 0 Å². The lowest BCUT2D eigenvalue weighted by Crippen LogP contribution is -2.26. The van der Waals surface area contributed by atoms with Gasteiger partial charge in [-0.3, -0.25) is 4.79 Å². The minimum Gasteiger partial charge on any atom is -0.397 e. The van der Waals surface area contributed by atoms with Crippen LogP contribution in [0.5, 0.6) is 0 Å². The molecule has 0 fully saturated rings. The number of nitrogen functional groups attached to an aromatic ring is 1. The van der Waals surface area contributed by atoms with Crippen LogP contribution >= 0.6 is 11.8 Å². The van der Waals surface area contributed by atoms with Gasteiger partial charge in [0.25, 0.3) is 0 Å². The van der Waals surface area contributed by atoms with Gasteiger partial charge in [0.2, 0.25) is 5.91 Å². The Morgan fingerprint density at radius 2 is 2.31 bits per heavy atom. The van der Waals surface area contributed by atoms with Gasteiger partial charge < -0.3 is 11.1 Å². The highest BCUT2D eigenvalue weighted by Crippen LogP contribution is 2.38. The number of hydrogen-bond donors (Lipinski definition) is 2. The van der Waals surface area contributed by atoms with Crippen LogP contribution in [0.25, 0.3) is 0 Å². The Bertz CT molecular complexity index is 365. The molecule has 1 amide bonds. The van der Waals surface area contributed by atoms with E-state index in [9.17, 15) is 4.79 Å². The van der Waals surface area contributed by atoms with E-state index in [1.54, 1.807) is 17.8 Å². The van der Waals surface area contributed by atoms with Crippen LogP contribution < -0.4 is 11.1 Å².